The molecule has 0 aliphatic heterocycles. The molecule has 0 aromatic heterocycles. The predicted octanol–water partition coefficient (Wildman–Crippen LogP) is 3.84. The lowest BCUT2D eigenvalue weighted by Gasteiger charge is -2.14. The van der Waals surface area contributed by atoms with E-state index in [0.29, 0.717) is 17.2 Å². The van der Waals surface area contributed by atoms with Crippen molar-refractivity contribution in [2.75, 3.05) is 19.0 Å². The summed E-state index contributed by atoms with van der Waals surface area (Å²) in [7, 11) is 1.50. The Hall–Kier alpha value is -3.02. The van der Waals surface area contributed by atoms with Gasteiger partial charge in [0.2, 0.25) is 0 Å². The second kappa shape index (κ2) is 9.62. The smallest absolute Gasteiger partial charge is 0.338 e. The SMILES string of the molecule is CCc1cccc(NC(=O)COC(=O)c2ccc(OC(C)C)c(OC)c2)c1. The quantitative estimate of drug-likeness (QED) is 0.714. The highest BCUT2D eigenvalue weighted by Crippen LogP contribution is 2.29. The van der Waals surface area contributed by atoms with E-state index in [1.807, 2.05) is 39.0 Å². The van der Waals surface area contributed by atoms with E-state index in [1.165, 1.54) is 13.2 Å². The molecule has 27 heavy (non-hydrogen) atoms. The Kier molecular flexibility index (Phi) is 7.23. The van der Waals surface area contributed by atoms with Gasteiger partial charge in [-0.25, -0.2) is 4.79 Å². The van der Waals surface area contributed by atoms with Crippen molar-refractivity contribution < 1.29 is 23.8 Å². The third-order valence-corrected chi connectivity index (χ3v) is 3.72. The van der Waals surface area contributed by atoms with Gasteiger partial charge >= 0.3 is 5.97 Å². The average Bonchev–Trinajstić information content (AvgIpc) is 2.66. The molecule has 1 amide bonds. The number of hydrogen-bond acceptors (Lipinski definition) is 5. The van der Waals surface area contributed by atoms with Crippen LogP contribution in [0.4, 0.5) is 5.69 Å². The minimum absolute atomic E-state index is 0.0217. The highest BCUT2D eigenvalue weighted by molar-refractivity contribution is 5.95. The van der Waals surface area contributed by atoms with Gasteiger partial charge in [0.15, 0.2) is 18.1 Å². The summed E-state index contributed by atoms with van der Waals surface area (Å²) >= 11 is 0. The highest BCUT2D eigenvalue weighted by atomic mass is 16.5. The standard InChI is InChI=1S/C21H25NO5/c1-5-15-7-6-8-17(11-15)22-20(23)13-26-21(24)16-9-10-18(27-14(2)3)19(12-16)25-4/h6-12,14H,5,13H2,1-4H3,(H,22,23). The molecular weight excluding hydrogens is 346 g/mol. The Bertz CT molecular complexity index is 801. The molecule has 2 aromatic carbocycles. The van der Waals surface area contributed by atoms with Crippen LogP contribution in [0.1, 0.15) is 36.7 Å². The molecule has 0 atom stereocenters. The van der Waals surface area contributed by atoms with E-state index >= 15 is 0 Å². The van der Waals surface area contributed by atoms with Crippen LogP contribution in [-0.4, -0.2) is 31.7 Å². The van der Waals surface area contributed by atoms with Gasteiger partial charge in [0.05, 0.1) is 18.8 Å². The predicted molar refractivity (Wildman–Crippen MR) is 103 cm³/mol. The topological polar surface area (TPSA) is 73.9 Å². The zero-order chi connectivity index (χ0) is 19.8. The van der Waals surface area contributed by atoms with Gasteiger partial charge in [0.25, 0.3) is 5.91 Å². The Morgan fingerprint density at radius 1 is 1.07 bits per heavy atom. The number of methoxy groups -OCH3 is 1. The van der Waals surface area contributed by atoms with Crippen molar-refractivity contribution in [3.63, 3.8) is 0 Å². The van der Waals surface area contributed by atoms with Crippen LogP contribution in [0.2, 0.25) is 0 Å². The molecule has 6 nitrogen and oxygen atoms in total. The van der Waals surface area contributed by atoms with Crippen LogP contribution in [0.5, 0.6) is 11.5 Å². The number of anilines is 1. The van der Waals surface area contributed by atoms with Gasteiger partial charge in [-0.05, 0) is 56.2 Å². The first-order valence-electron chi connectivity index (χ1n) is 8.83. The number of carbonyl (C=O) groups is 2. The summed E-state index contributed by atoms with van der Waals surface area (Å²) in [6, 6.07) is 12.3. The first-order valence-corrected chi connectivity index (χ1v) is 8.83. The average molecular weight is 371 g/mol. The largest absolute Gasteiger partial charge is 0.493 e. The van der Waals surface area contributed by atoms with Gasteiger partial charge in [-0.2, -0.15) is 0 Å². The van der Waals surface area contributed by atoms with Crippen molar-refractivity contribution in [2.45, 2.75) is 33.3 Å². The lowest BCUT2D eigenvalue weighted by molar-refractivity contribution is -0.119. The van der Waals surface area contributed by atoms with Crippen LogP contribution in [-0.2, 0) is 16.0 Å². The minimum atomic E-state index is -0.609. The third kappa shape index (κ3) is 6.02. The number of aryl methyl sites for hydroxylation is 1. The molecule has 2 rings (SSSR count). The molecule has 144 valence electrons. The minimum Gasteiger partial charge on any atom is -0.493 e. The van der Waals surface area contributed by atoms with Crippen molar-refractivity contribution in [3.8, 4) is 11.5 Å². The van der Waals surface area contributed by atoms with Crippen LogP contribution < -0.4 is 14.8 Å². The number of carbonyl (C=O) groups excluding carboxylic acids is 2. The van der Waals surface area contributed by atoms with Gasteiger partial charge in [-0.1, -0.05) is 19.1 Å². The fourth-order valence-corrected chi connectivity index (χ4v) is 2.43. The molecule has 0 aliphatic rings. The Morgan fingerprint density at radius 2 is 1.85 bits per heavy atom. The maximum atomic E-state index is 12.2. The normalized spacial score (nSPS) is 10.4. The molecular formula is C21H25NO5. The Balaban J connectivity index is 1.95. The highest BCUT2D eigenvalue weighted by Gasteiger charge is 2.15. The number of ether oxygens (including phenoxy) is 3. The summed E-state index contributed by atoms with van der Waals surface area (Å²) in [5.74, 6) is -0.0400. The molecule has 0 unspecified atom stereocenters. The Labute approximate surface area is 159 Å². The van der Waals surface area contributed by atoms with Crippen molar-refractivity contribution in [1.82, 2.24) is 0 Å². The van der Waals surface area contributed by atoms with Crippen LogP contribution in [0.25, 0.3) is 0 Å². The molecule has 0 radical (unpaired) electrons. The van der Waals surface area contributed by atoms with Gasteiger partial charge in [-0.15, -0.1) is 0 Å². The Morgan fingerprint density at radius 3 is 2.52 bits per heavy atom. The molecule has 6 heteroatoms. The summed E-state index contributed by atoms with van der Waals surface area (Å²) < 4.78 is 16.0. The summed E-state index contributed by atoms with van der Waals surface area (Å²) in [5, 5.41) is 2.72. The molecule has 0 heterocycles. The number of amides is 1. The van der Waals surface area contributed by atoms with Crippen molar-refractivity contribution in [3.05, 3.63) is 53.6 Å². The second-order valence-corrected chi connectivity index (χ2v) is 6.21. The molecule has 0 spiro atoms. The fraction of sp³-hybridized carbons (Fsp3) is 0.333. The van der Waals surface area contributed by atoms with E-state index in [2.05, 4.69) is 5.32 Å². The van der Waals surface area contributed by atoms with E-state index in [9.17, 15) is 9.59 Å². The summed E-state index contributed by atoms with van der Waals surface area (Å²) in [6.07, 6.45) is 0.850. The van der Waals surface area contributed by atoms with Crippen molar-refractivity contribution >= 4 is 17.6 Å². The molecule has 2 aromatic rings. The van der Waals surface area contributed by atoms with Gasteiger partial charge < -0.3 is 19.5 Å². The van der Waals surface area contributed by atoms with Crippen LogP contribution in [0.3, 0.4) is 0 Å². The molecule has 0 saturated carbocycles. The molecule has 0 saturated heterocycles. The molecule has 0 fully saturated rings. The first-order chi connectivity index (χ1) is 12.9. The number of benzene rings is 2. The fourth-order valence-electron chi connectivity index (χ4n) is 2.43. The number of rotatable bonds is 8. The van der Waals surface area contributed by atoms with Crippen LogP contribution in [0, 0.1) is 0 Å². The lowest BCUT2D eigenvalue weighted by atomic mass is 10.1. The van der Waals surface area contributed by atoms with Gasteiger partial charge in [-0.3, -0.25) is 4.79 Å². The molecule has 1 N–H and O–H groups in total. The van der Waals surface area contributed by atoms with Crippen molar-refractivity contribution in [2.24, 2.45) is 0 Å². The number of hydrogen-bond donors (Lipinski definition) is 1. The van der Waals surface area contributed by atoms with Gasteiger partial charge in [0.1, 0.15) is 0 Å². The van der Waals surface area contributed by atoms with Crippen LogP contribution in [0.15, 0.2) is 42.5 Å². The van der Waals surface area contributed by atoms with E-state index in [4.69, 9.17) is 14.2 Å². The van der Waals surface area contributed by atoms with Crippen LogP contribution >= 0.6 is 0 Å². The maximum absolute atomic E-state index is 12.2. The molecule has 0 bridgehead atoms. The third-order valence-electron chi connectivity index (χ3n) is 3.72. The van der Waals surface area contributed by atoms with E-state index in [1.54, 1.807) is 18.2 Å². The van der Waals surface area contributed by atoms with E-state index in [0.717, 1.165) is 12.0 Å². The number of nitrogens with one attached hydrogen (secondary N) is 1. The summed E-state index contributed by atoms with van der Waals surface area (Å²) in [5.41, 5.74) is 2.07. The van der Waals surface area contributed by atoms with Crippen molar-refractivity contribution in [1.29, 1.82) is 0 Å². The second-order valence-electron chi connectivity index (χ2n) is 6.21. The zero-order valence-electron chi connectivity index (χ0n) is 16.1. The zero-order valence-corrected chi connectivity index (χ0v) is 16.1. The van der Waals surface area contributed by atoms with E-state index < -0.39 is 11.9 Å². The monoisotopic (exact) mass is 371 g/mol. The summed E-state index contributed by atoms with van der Waals surface area (Å²) in [6.45, 7) is 5.46. The summed E-state index contributed by atoms with van der Waals surface area (Å²) in [4.78, 5) is 24.2. The molecule has 0 aliphatic carbocycles. The van der Waals surface area contributed by atoms with E-state index in [-0.39, 0.29) is 18.3 Å². The first kappa shape index (κ1) is 20.3. The van der Waals surface area contributed by atoms with Gasteiger partial charge in [0, 0.05) is 5.69 Å². The maximum Gasteiger partial charge on any atom is 0.338 e. The number of esters is 1. The lowest BCUT2D eigenvalue weighted by Crippen LogP contribution is -2.21.